The van der Waals surface area contributed by atoms with E-state index in [4.69, 9.17) is 9.47 Å². The molecule has 1 aromatic rings. The second-order valence-corrected chi connectivity index (χ2v) is 2.51. The molecule has 1 aromatic carbocycles. The van der Waals surface area contributed by atoms with Crippen LogP contribution in [0.2, 0.25) is 0 Å². The molecule has 0 amide bonds. The molecule has 5 heteroatoms. The highest BCUT2D eigenvalue weighted by atomic mass is 16.5. The van der Waals surface area contributed by atoms with Gasteiger partial charge in [0.1, 0.15) is 11.3 Å². The van der Waals surface area contributed by atoms with Gasteiger partial charge in [0.15, 0.2) is 17.8 Å². The van der Waals surface area contributed by atoms with Gasteiger partial charge in [-0.2, -0.15) is 0 Å². The maximum atomic E-state index is 10.6. The first-order valence-electron chi connectivity index (χ1n) is 3.77. The highest BCUT2D eigenvalue weighted by Crippen LogP contribution is 2.42. The third-order valence-electron chi connectivity index (χ3n) is 1.78. The highest BCUT2D eigenvalue weighted by Gasteiger charge is 2.18. The molecule has 0 unspecified atom stereocenters. The van der Waals surface area contributed by atoms with E-state index in [0.29, 0.717) is 6.29 Å². The number of methoxy groups -OCH3 is 2. The van der Waals surface area contributed by atoms with Gasteiger partial charge in [-0.25, -0.2) is 0 Å². The van der Waals surface area contributed by atoms with Crippen molar-refractivity contribution in [1.29, 1.82) is 0 Å². The molecule has 0 aromatic heterocycles. The average Bonchev–Trinajstić information content (AvgIpc) is 2.20. The quantitative estimate of drug-likeness (QED) is 0.558. The number of hydrogen-bond donors (Lipinski definition) is 2. The SMILES string of the molecule is COc1cc(O)c(C=O)c(OC)c1O. The van der Waals surface area contributed by atoms with Crippen molar-refractivity contribution in [2.45, 2.75) is 0 Å². The molecule has 0 bridgehead atoms. The lowest BCUT2D eigenvalue weighted by Crippen LogP contribution is -1.94. The smallest absolute Gasteiger partial charge is 0.201 e. The fourth-order valence-corrected chi connectivity index (χ4v) is 1.10. The summed E-state index contributed by atoms with van der Waals surface area (Å²) in [7, 11) is 2.61. The predicted octanol–water partition coefficient (Wildman–Crippen LogP) is 0.927. The van der Waals surface area contributed by atoms with Crippen LogP contribution in [0.1, 0.15) is 10.4 Å². The molecular weight excluding hydrogens is 188 g/mol. The van der Waals surface area contributed by atoms with Crippen LogP contribution >= 0.6 is 0 Å². The summed E-state index contributed by atoms with van der Waals surface area (Å²) < 4.78 is 9.53. The van der Waals surface area contributed by atoms with Crippen LogP contribution in [-0.4, -0.2) is 30.7 Å². The molecule has 2 N–H and O–H groups in total. The van der Waals surface area contributed by atoms with E-state index in [2.05, 4.69) is 0 Å². The number of carbonyl (C=O) groups excluding carboxylic acids is 1. The van der Waals surface area contributed by atoms with Crippen molar-refractivity contribution in [3.63, 3.8) is 0 Å². The molecule has 0 saturated carbocycles. The number of aromatic hydroxyl groups is 2. The van der Waals surface area contributed by atoms with Crippen molar-refractivity contribution in [2.24, 2.45) is 0 Å². The van der Waals surface area contributed by atoms with Crippen LogP contribution in [0.25, 0.3) is 0 Å². The summed E-state index contributed by atoms with van der Waals surface area (Å²) >= 11 is 0. The summed E-state index contributed by atoms with van der Waals surface area (Å²) in [5, 5.41) is 18.9. The zero-order valence-corrected chi connectivity index (χ0v) is 7.77. The predicted molar refractivity (Wildman–Crippen MR) is 48.3 cm³/mol. The van der Waals surface area contributed by atoms with Gasteiger partial charge in [-0.05, 0) is 0 Å². The van der Waals surface area contributed by atoms with E-state index < -0.39 is 0 Å². The van der Waals surface area contributed by atoms with Crippen molar-refractivity contribution in [2.75, 3.05) is 14.2 Å². The van der Waals surface area contributed by atoms with Crippen LogP contribution in [0, 0.1) is 0 Å². The molecule has 76 valence electrons. The fourth-order valence-electron chi connectivity index (χ4n) is 1.10. The van der Waals surface area contributed by atoms with Crippen molar-refractivity contribution in [3.05, 3.63) is 11.6 Å². The summed E-state index contributed by atoms with van der Waals surface area (Å²) in [5.74, 6) is -0.664. The Morgan fingerprint density at radius 1 is 1.29 bits per heavy atom. The molecule has 0 aliphatic heterocycles. The van der Waals surface area contributed by atoms with E-state index in [1.54, 1.807) is 0 Å². The van der Waals surface area contributed by atoms with Gasteiger partial charge in [0.05, 0.1) is 14.2 Å². The van der Waals surface area contributed by atoms with E-state index in [9.17, 15) is 15.0 Å². The topological polar surface area (TPSA) is 76.0 Å². The van der Waals surface area contributed by atoms with Crippen LogP contribution < -0.4 is 9.47 Å². The molecular formula is C9H10O5. The molecule has 0 heterocycles. The maximum Gasteiger partial charge on any atom is 0.201 e. The number of carbonyl (C=O) groups is 1. The lowest BCUT2D eigenvalue weighted by Gasteiger charge is -2.11. The Hall–Kier alpha value is -1.91. The first-order valence-corrected chi connectivity index (χ1v) is 3.77. The Labute approximate surface area is 80.5 Å². The number of phenols is 2. The van der Waals surface area contributed by atoms with E-state index in [-0.39, 0.29) is 28.6 Å². The lowest BCUT2D eigenvalue weighted by atomic mass is 10.1. The minimum Gasteiger partial charge on any atom is -0.507 e. The monoisotopic (exact) mass is 198 g/mol. The van der Waals surface area contributed by atoms with Gasteiger partial charge in [-0.15, -0.1) is 0 Å². The molecule has 0 fully saturated rings. The first kappa shape index (κ1) is 10.2. The van der Waals surface area contributed by atoms with Crippen LogP contribution in [-0.2, 0) is 0 Å². The van der Waals surface area contributed by atoms with E-state index in [0.717, 1.165) is 6.07 Å². The molecule has 0 radical (unpaired) electrons. The van der Waals surface area contributed by atoms with Gasteiger partial charge in [-0.3, -0.25) is 4.79 Å². The molecule has 14 heavy (non-hydrogen) atoms. The van der Waals surface area contributed by atoms with Gasteiger partial charge in [0, 0.05) is 6.07 Å². The normalized spacial score (nSPS) is 9.57. The van der Waals surface area contributed by atoms with Gasteiger partial charge in [0.25, 0.3) is 0 Å². The molecule has 0 saturated heterocycles. The Morgan fingerprint density at radius 3 is 2.36 bits per heavy atom. The Bertz CT molecular complexity index is 359. The third kappa shape index (κ3) is 1.44. The summed E-state index contributed by atoms with van der Waals surface area (Å²) in [6, 6.07) is 1.14. The van der Waals surface area contributed by atoms with Gasteiger partial charge < -0.3 is 19.7 Å². The number of rotatable bonds is 3. The molecule has 0 spiro atoms. The van der Waals surface area contributed by atoms with Crippen LogP contribution in [0.4, 0.5) is 0 Å². The zero-order valence-electron chi connectivity index (χ0n) is 7.77. The minimum atomic E-state index is -0.310. The Kier molecular flexibility index (Phi) is 2.81. The van der Waals surface area contributed by atoms with Crippen molar-refractivity contribution < 1.29 is 24.5 Å². The molecule has 0 aliphatic rings. The molecule has 5 nitrogen and oxygen atoms in total. The zero-order chi connectivity index (χ0) is 10.7. The maximum absolute atomic E-state index is 10.6. The summed E-state index contributed by atoms with van der Waals surface area (Å²) in [5.41, 5.74) is -0.106. The highest BCUT2D eigenvalue weighted by molar-refractivity contribution is 5.86. The van der Waals surface area contributed by atoms with Crippen molar-refractivity contribution in [3.8, 4) is 23.0 Å². The number of aldehydes is 1. The summed E-state index contributed by atoms with van der Waals surface area (Å²) in [4.78, 5) is 10.6. The Morgan fingerprint density at radius 2 is 1.93 bits per heavy atom. The van der Waals surface area contributed by atoms with Crippen molar-refractivity contribution >= 4 is 6.29 Å². The number of ether oxygens (including phenoxy) is 2. The van der Waals surface area contributed by atoms with Crippen molar-refractivity contribution in [1.82, 2.24) is 0 Å². The summed E-state index contributed by atoms with van der Waals surface area (Å²) in [6.45, 7) is 0. The number of hydrogen-bond acceptors (Lipinski definition) is 5. The van der Waals surface area contributed by atoms with Gasteiger partial charge >= 0.3 is 0 Å². The molecule has 0 atom stereocenters. The minimum absolute atomic E-state index is 0.0463. The lowest BCUT2D eigenvalue weighted by molar-refractivity contribution is 0.111. The van der Waals surface area contributed by atoms with Crippen LogP contribution in [0.15, 0.2) is 6.07 Å². The average molecular weight is 198 g/mol. The Balaban J connectivity index is 3.47. The molecule has 1 rings (SSSR count). The van der Waals surface area contributed by atoms with E-state index >= 15 is 0 Å². The third-order valence-corrected chi connectivity index (χ3v) is 1.78. The van der Waals surface area contributed by atoms with E-state index in [1.807, 2.05) is 0 Å². The fraction of sp³-hybridized carbons (Fsp3) is 0.222. The largest absolute Gasteiger partial charge is 0.507 e. The molecule has 0 aliphatic carbocycles. The second-order valence-electron chi connectivity index (χ2n) is 2.51. The number of benzene rings is 1. The first-order chi connectivity index (χ1) is 6.65. The number of phenolic OH excluding ortho intramolecular Hbond substituents is 2. The van der Waals surface area contributed by atoms with Crippen LogP contribution in [0.5, 0.6) is 23.0 Å². The van der Waals surface area contributed by atoms with Gasteiger partial charge in [0.2, 0.25) is 5.75 Å². The summed E-state index contributed by atoms with van der Waals surface area (Å²) in [6.07, 6.45) is 0.396. The standard InChI is InChI=1S/C9H10O5/c1-13-7-3-6(11)5(4-10)9(14-2)8(7)12/h3-4,11-12H,1-2H3. The van der Waals surface area contributed by atoms with E-state index in [1.165, 1.54) is 14.2 Å². The van der Waals surface area contributed by atoms with Gasteiger partial charge in [-0.1, -0.05) is 0 Å². The van der Waals surface area contributed by atoms with Crippen LogP contribution in [0.3, 0.4) is 0 Å². The second kappa shape index (κ2) is 3.87.